The van der Waals surface area contributed by atoms with Crippen molar-refractivity contribution in [1.29, 1.82) is 0 Å². The Hall–Kier alpha value is -1.16. The molecular formula is C7H6N2OS. The van der Waals surface area contributed by atoms with Crippen LogP contribution in [0, 0.1) is 6.92 Å². The van der Waals surface area contributed by atoms with Crippen LogP contribution in [-0.2, 0) is 0 Å². The maximum atomic E-state index is 9.06. The molecule has 0 fully saturated rings. The van der Waals surface area contributed by atoms with Gasteiger partial charge in [0.05, 0.1) is 16.6 Å². The second-order valence-corrected chi connectivity index (χ2v) is 3.11. The first-order valence-electron chi connectivity index (χ1n) is 3.18. The minimum atomic E-state index is 0.196. The number of hydrogen-bond acceptors (Lipinski definition) is 4. The molecule has 56 valence electrons. The molecule has 0 unspecified atom stereocenters. The van der Waals surface area contributed by atoms with E-state index in [9.17, 15) is 0 Å². The Bertz CT molecular complexity index is 396. The Morgan fingerprint density at radius 2 is 2.36 bits per heavy atom. The predicted octanol–water partition coefficient (Wildman–Crippen LogP) is 1.71. The largest absolute Gasteiger partial charge is 0.506 e. The van der Waals surface area contributed by atoms with E-state index < -0.39 is 0 Å². The molecule has 0 aliphatic heterocycles. The van der Waals surface area contributed by atoms with Crippen molar-refractivity contribution < 1.29 is 5.11 Å². The summed E-state index contributed by atoms with van der Waals surface area (Å²) in [5.41, 5.74) is 1.80. The van der Waals surface area contributed by atoms with Gasteiger partial charge >= 0.3 is 0 Å². The van der Waals surface area contributed by atoms with Crippen LogP contribution < -0.4 is 0 Å². The molecule has 1 N–H and O–H groups in total. The summed E-state index contributed by atoms with van der Waals surface area (Å²) in [5.74, 6) is 0.196. The topological polar surface area (TPSA) is 46.0 Å². The number of aromatic hydroxyl groups is 1. The highest BCUT2D eigenvalue weighted by Gasteiger charge is 2.02. The van der Waals surface area contributed by atoms with E-state index in [1.54, 1.807) is 6.07 Å². The predicted molar refractivity (Wildman–Crippen MR) is 43.8 cm³/mol. The maximum Gasteiger partial charge on any atom is 0.135 e. The zero-order valence-electron chi connectivity index (χ0n) is 5.90. The molecule has 3 nitrogen and oxygen atoms in total. The molecule has 4 heteroatoms. The molecule has 0 saturated carbocycles. The fourth-order valence-corrected chi connectivity index (χ4v) is 1.72. The minimum Gasteiger partial charge on any atom is -0.506 e. The highest BCUT2D eigenvalue weighted by atomic mass is 32.1. The normalized spacial score (nSPS) is 10.6. The van der Waals surface area contributed by atoms with E-state index in [0.29, 0.717) is 0 Å². The van der Waals surface area contributed by atoms with Gasteiger partial charge < -0.3 is 5.11 Å². The van der Waals surface area contributed by atoms with Crippen molar-refractivity contribution in [2.24, 2.45) is 0 Å². The molecule has 0 bridgehead atoms. The lowest BCUT2D eigenvalue weighted by Gasteiger charge is -1.89. The van der Waals surface area contributed by atoms with Gasteiger partial charge in [0.25, 0.3) is 0 Å². The lowest BCUT2D eigenvalue weighted by atomic mass is 10.3. The van der Waals surface area contributed by atoms with Gasteiger partial charge in [0.1, 0.15) is 11.3 Å². The summed E-state index contributed by atoms with van der Waals surface area (Å²) in [6, 6.07) is 1.67. The summed E-state index contributed by atoms with van der Waals surface area (Å²) < 4.78 is 5.04. The van der Waals surface area contributed by atoms with Crippen LogP contribution >= 0.6 is 11.5 Å². The van der Waals surface area contributed by atoms with Crippen molar-refractivity contribution >= 4 is 21.7 Å². The molecule has 2 aromatic heterocycles. The fourth-order valence-electron chi connectivity index (χ4n) is 0.936. The molecule has 0 aliphatic carbocycles. The number of hydrogen-bond donors (Lipinski definition) is 1. The van der Waals surface area contributed by atoms with E-state index in [2.05, 4.69) is 9.36 Å². The van der Waals surface area contributed by atoms with Gasteiger partial charge in [0.2, 0.25) is 0 Å². The Labute approximate surface area is 67.5 Å². The van der Waals surface area contributed by atoms with Crippen molar-refractivity contribution in [3.63, 3.8) is 0 Å². The minimum absolute atomic E-state index is 0.196. The van der Waals surface area contributed by atoms with E-state index >= 15 is 0 Å². The quantitative estimate of drug-likeness (QED) is 0.648. The molecule has 0 spiro atoms. The molecular weight excluding hydrogens is 160 g/mol. The molecule has 0 aromatic carbocycles. The average Bonchev–Trinajstić information content (AvgIpc) is 2.32. The summed E-state index contributed by atoms with van der Waals surface area (Å²) in [7, 11) is 0. The third-order valence-corrected chi connectivity index (χ3v) is 2.33. The van der Waals surface area contributed by atoms with Crippen LogP contribution in [0.5, 0.6) is 5.75 Å². The lowest BCUT2D eigenvalue weighted by molar-refractivity contribution is 0.474. The fraction of sp³-hybridized carbons (Fsp3) is 0.143. The average molecular weight is 166 g/mol. The van der Waals surface area contributed by atoms with Crippen molar-refractivity contribution in [1.82, 2.24) is 9.36 Å². The van der Waals surface area contributed by atoms with Crippen molar-refractivity contribution in [2.75, 3.05) is 0 Å². The van der Waals surface area contributed by atoms with Crippen molar-refractivity contribution in [2.45, 2.75) is 6.92 Å². The van der Waals surface area contributed by atoms with Gasteiger partial charge in [0, 0.05) is 6.07 Å². The summed E-state index contributed by atoms with van der Waals surface area (Å²) in [6.07, 6.45) is 1.43. The van der Waals surface area contributed by atoms with Gasteiger partial charge in [-0.2, -0.15) is 4.37 Å². The van der Waals surface area contributed by atoms with E-state index in [-0.39, 0.29) is 5.75 Å². The zero-order valence-corrected chi connectivity index (χ0v) is 6.72. The number of rotatable bonds is 0. The summed E-state index contributed by atoms with van der Waals surface area (Å²) >= 11 is 1.36. The van der Waals surface area contributed by atoms with Crippen LogP contribution in [-0.4, -0.2) is 14.5 Å². The van der Waals surface area contributed by atoms with Gasteiger partial charge in [-0.1, -0.05) is 0 Å². The number of pyridine rings is 1. The first kappa shape index (κ1) is 6.54. The van der Waals surface area contributed by atoms with Crippen molar-refractivity contribution in [3.05, 3.63) is 18.0 Å². The number of nitrogens with zero attached hydrogens (tertiary/aromatic N) is 2. The van der Waals surface area contributed by atoms with Gasteiger partial charge in [-0.25, -0.2) is 4.98 Å². The highest BCUT2D eigenvalue weighted by Crippen LogP contribution is 2.22. The summed E-state index contributed by atoms with van der Waals surface area (Å²) in [5, 5.41) is 9.06. The third kappa shape index (κ3) is 0.952. The summed E-state index contributed by atoms with van der Waals surface area (Å²) in [4.78, 5) is 4.04. The van der Waals surface area contributed by atoms with Crippen LogP contribution in [0.25, 0.3) is 10.2 Å². The third-order valence-electron chi connectivity index (χ3n) is 1.46. The lowest BCUT2D eigenvalue weighted by Crippen LogP contribution is -1.75. The van der Waals surface area contributed by atoms with E-state index in [1.807, 2.05) is 6.92 Å². The van der Waals surface area contributed by atoms with Gasteiger partial charge in [-0.05, 0) is 18.5 Å². The van der Waals surface area contributed by atoms with E-state index in [1.165, 1.54) is 17.7 Å². The molecule has 0 aliphatic rings. The molecule has 0 atom stereocenters. The zero-order chi connectivity index (χ0) is 7.84. The van der Waals surface area contributed by atoms with Gasteiger partial charge in [-0.15, -0.1) is 0 Å². The Kier molecular flexibility index (Phi) is 1.29. The van der Waals surface area contributed by atoms with E-state index in [0.717, 1.165) is 15.9 Å². The first-order valence-corrected chi connectivity index (χ1v) is 3.96. The van der Waals surface area contributed by atoms with Gasteiger partial charge in [-0.3, -0.25) is 0 Å². The van der Waals surface area contributed by atoms with Crippen molar-refractivity contribution in [3.8, 4) is 5.75 Å². The molecule has 0 saturated heterocycles. The van der Waals surface area contributed by atoms with Crippen LogP contribution in [0.2, 0.25) is 0 Å². The smallest absolute Gasteiger partial charge is 0.135 e. The van der Waals surface area contributed by atoms with Gasteiger partial charge in [0.15, 0.2) is 0 Å². The molecule has 11 heavy (non-hydrogen) atoms. The Balaban J connectivity index is 2.86. The number of fused-ring (bicyclic) bond motifs is 1. The van der Waals surface area contributed by atoms with Crippen LogP contribution in [0.1, 0.15) is 5.69 Å². The first-order chi connectivity index (χ1) is 5.27. The monoisotopic (exact) mass is 166 g/mol. The Morgan fingerprint density at radius 1 is 1.55 bits per heavy atom. The number of aromatic nitrogens is 2. The second kappa shape index (κ2) is 2.17. The maximum absolute atomic E-state index is 9.06. The summed E-state index contributed by atoms with van der Waals surface area (Å²) in [6.45, 7) is 1.91. The Morgan fingerprint density at radius 3 is 3.18 bits per heavy atom. The van der Waals surface area contributed by atoms with E-state index in [4.69, 9.17) is 5.11 Å². The molecule has 2 heterocycles. The van der Waals surface area contributed by atoms with Crippen LogP contribution in [0.15, 0.2) is 12.3 Å². The second-order valence-electron chi connectivity index (χ2n) is 2.31. The SMILES string of the molecule is Cc1nsc2cc(O)cnc12. The standard InChI is InChI=1S/C7H6N2OS/c1-4-7-6(11-9-4)2-5(10)3-8-7/h2-3,10H,1H3. The molecule has 0 amide bonds. The van der Waals surface area contributed by atoms with Crippen LogP contribution in [0.4, 0.5) is 0 Å². The molecule has 2 aromatic rings. The van der Waals surface area contributed by atoms with Crippen LogP contribution in [0.3, 0.4) is 0 Å². The number of aryl methyl sites for hydroxylation is 1. The molecule has 0 radical (unpaired) electrons. The molecule has 2 rings (SSSR count). The highest BCUT2D eigenvalue weighted by molar-refractivity contribution is 7.13.